The third-order valence-electron chi connectivity index (χ3n) is 4.27. The van der Waals surface area contributed by atoms with Crippen LogP contribution < -0.4 is 22.1 Å². The van der Waals surface area contributed by atoms with Crippen molar-refractivity contribution in [1.82, 2.24) is 5.32 Å². The first-order valence-corrected chi connectivity index (χ1v) is 11.9. The Labute approximate surface area is 194 Å². The fraction of sp³-hybridized carbons (Fsp3) is 0.0455. The first-order valence-electron chi connectivity index (χ1n) is 9.54. The number of hydrogen-bond acceptors (Lipinski definition) is 5. The number of nitrogens with two attached hydrogens (primary N) is 2. The Kier molecular flexibility index (Phi) is 7.26. The summed E-state index contributed by atoms with van der Waals surface area (Å²) in [4.78, 5) is 26.2. The molecule has 2 aromatic carbocycles. The van der Waals surface area contributed by atoms with E-state index in [-0.39, 0.29) is 10.6 Å². The lowest BCUT2D eigenvalue weighted by molar-refractivity contribution is -0.113. The molecule has 0 aliphatic heterocycles. The molecule has 1 heterocycles. The summed E-state index contributed by atoms with van der Waals surface area (Å²) in [5.41, 5.74) is 12.0. The van der Waals surface area contributed by atoms with Crippen LogP contribution in [0.4, 0.5) is 5.69 Å². The highest BCUT2D eigenvalue weighted by atomic mass is 32.2. The summed E-state index contributed by atoms with van der Waals surface area (Å²) in [7, 11) is -4.05. The molecule has 0 spiro atoms. The molecule has 1 aromatic heterocycles. The lowest BCUT2D eigenvalue weighted by atomic mass is 10.1. The van der Waals surface area contributed by atoms with E-state index in [0.29, 0.717) is 11.3 Å². The number of thiophene rings is 1. The number of rotatable bonds is 7. The zero-order valence-electron chi connectivity index (χ0n) is 17.5. The zero-order chi connectivity index (χ0) is 24.0. The summed E-state index contributed by atoms with van der Waals surface area (Å²) in [5, 5.41) is 7.13. The summed E-state index contributed by atoms with van der Waals surface area (Å²) in [5.74, 6) is -1.60. The van der Waals surface area contributed by atoms with Crippen molar-refractivity contribution < 1.29 is 18.0 Å². The van der Waals surface area contributed by atoms with Crippen molar-refractivity contribution >= 4 is 50.9 Å². The van der Waals surface area contributed by atoms with Crippen LogP contribution in [0, 0.1) is 6.92 Å². The van der Waals surface area contributed by atoms with Gasteiger partial charge in [0.25, 0.3) is 21.8 Å². The lowest BCUT2D eigenvalue weighted by Crippen LogP contribution is -2.30. The van der Waals surface area contributed by atoms with Crippen LogP contribution in [-0.2, 0) is 14.8 Å². The van der Waals surface area contributed by atoms with E-state index in [1.807, 2.05) is 18.4 Å². The number of amides is 2. The van der Waals surface area contributed by atoms with E-state index in [1.165, 1.54) is 35.6 Å². The van der Waals surface area contributed by atoms with Crippen molar-refractivity contribution in [2.24, 2.45) is 15.9 Å². The van der Waals surface area contributed by atoms with Crippen molar-refractivity contribution in [2.45, 2.75) is 11.8 Å². The Morgan fingerprint density at radius 1 is 1.00 bits per heavy atom. The van der Waals surface area contributed by atoms with Gasteiger partial charge in [-0.25, -0.2) is 0 Å². The van der Waals surface area contributed by atoms with E-state index in [2.05, 4.69) is 15.0 Å². The van der Waals surface area contributed by atoms with Crippen molar-refractivity contribution in [3.05, 3.63) is 87.7 Å². The van der Waals surface area contributed by atoms with Gasteiger partial charge in [-0.05, 0) is 60.8 Å². The Balaban J connectivity index is 1.81. The van der Waals surface area contributed by atoms with Gasteiger partial charge in [-0.3, -0.25) is 9.59 Å². The second kappa shape index (κ2) is 10.1. The Hall–Kier alpha value is -3.96. The molecule has 170 valence electrons. The van der Waals surface area contributed by atoms with Crippen LogP contribution in [0.1, 0.15) is 20.8 Å². The van der Waals surface area contributed by atoms with Crippen LogP contribution in [-0.4, -0.2) is 26.2 Å². The van der Waals surface area contributed by atoms with Crippen LogP contribution in [0.15, 0.2) is 81.0 Å². The Bertz CT molecular complexity index is 1310. The molecule has 6 N–H and O–H groups in total. The summed E-state index contributed by atoms with van der Waals surface area (Å²) >= 11 is 1.40. The Morgan fingerprint density at radius 3 is 2.24 bits per heavy atom. The molecule has 9 nitrogen and oxygen atoms in total. The molecule has 0 aliphatic rings. The summed E-state index contributed by atoms with van der Waals surface area (Å²) in [6.45, 7) is 1.91. The number of hydrogen-bond donors (Lipinski definition) is 4. The SMILES string of the molecule is Cc1ccc(C(=O)NC(=Cc2cccs2)C(=O)Nc2ccc(S(=O)(=O)N=C(N)N)cc2)cc1. The first kappa shape index (κ1) is 23.7. The number of nitrogens with zero attached hydrogens (tertiary/aromatic N) is 1. The molecule has 2 amide bonds. The van der Waals surface area contributed by atoms with Gasteiger partial charge in [0.05, 0.1) is 4.90 Å². The molecule has 0 radical (unpaired) electrons. The maximum atomic E-state index is 12.9. The molecular formula is C22H21N5O4S2. The van der Waals surface area contributed by atoms with Crippen molar-refractivity contribution in [3.8, 4) is 0 Å². The molecule has 0 saturated carbocycles. The molecule has 0 fully saturated rings. The molecule has 11 heteroatoms. The van der Waals surface area contributed by atoms with E-state index in [4.69, 9.17) is 11.5 Å². The number of guanidine groups is 1. The largest absolute Gasteiger partial charge is 0.369 e. The van der Waals surface area contributed by atoms with Crippen molar-refractivity contribution in [3.63, 3.8) is 0 Å². The van der Waals surface area contributed by atoms with Gasteiger partial charge in [-0.15, -0.1) is 15.7 Å². The molecule has 0 bridgehead atoms. The van der Waals surface area contributed by atoms with E-state index in [1.54, 1.807) is 36.4 Å². The second-order valence-corrected chi connectivity index (χ2v) is 9.45. The molecule has 3 rings (SSSR count). The third kappa shape index (κ3) is 6.51. The van der Waals surface area contributed by atoms with E-state index in [9.17, 15) is 18.0 Å². The van der Waals surface area contributed by atoms with Crippen LogP contribution in [0.25, 0.3) is 6.08 Å². The van der Waals surface area contributed by atoms with Crippen LogP contribution in [0.5, 0.6) is 0 Å². The lowest BCUT2D eigenvalue weighted by Gasteiger charge is -2.11. The van der Waals surface area contributed by atoms with Gasteiger partial charge in [-0.1, -0.05) is 23.8 Å². The van der Waals surface area contributed by atoms with Crippen LogP contribution in [0.2, 0.25) is 0 Å². The number of benzene rings is 2. The fourth-order valence-corrected chi connectivity index (χ4v) is 4.19. The zero-order valence-corrected chi connectivity index (χ0v) is 19.1. The number of aryl methyl sites for hydroxylation is 1. The van der Waals surface area contributed by atoms with Crippen molar-refractivity contribution in [2.75, 3.05) is 5.32 Å². The monoisotopic (exact) mass is 483 g/mol. The predicted octanol–water partition coefficient (Wildman–Crippen LogP) is 2.43. The number of sulfonamides is 1. The van der Waals surface area contributed by atoms with Gasteiger partial charge in [0, 0.05) is 16.1 Å². The first-order chi connectivity index (χ1) is 15.6. The highest BCUT2D eigenvalue weighted by Crippen LogP contribution is 2.18. The standard InChI is InChI=1S/C22H21N5O4S2/c1-14-4-6-15(7-5-14)20(28)26-19(13-17-3-2-12-32-17)21(29)25-16-8-10-18(11-9-16)33(30,31)27-22(23)24/h2-13H,1H3,(H,25,29)(H,26,28)(H4,23,24,27). The topological polar surface area (TPSA) is 157 Å². The number of nitrogens with one attached hydrogen (secondary N) is 2. The second-order valence-electron chi connectivity index (χ2n) is 6.86. The normalized spacial score (nSPS) is 11.5. The number of carbonyl (C=O) groups is 2. The minimum atomic E-state index is -4.05. The van der Waals surface area contributed by atoms with Gasteiger partial charge in [0.15, 0.2) is 0 Å². The van der Waals surface area contributed by atoms with Gasteiger partial charge >= 0.3 is 0 Å². The average molecular weight is 484 g/mol. The van der Waals surface area contributed by atoms with Crippen molar-refractivity contribution in [1.29, 1.82) is 0 Å². The molecular weight excluding hydrogens is 462 g/mol. The molecule has 0 aliphatic carbocycles. The summed E-state index contributed by atoms with van der Waals surface area (Å²) < 4.78 is 27.3. The minimum absolute atomic E-state index is 0.0280. The minimum Gasteiger partial charge on any atom is -0.369 e. The average Bonchev–Trinajstić information content (AvgIpc) is 3.26. The quantitative estimate of drug-likeness (QED) is 0.230. The maximum absolute atomic E-state index is 12.9. The summed E-state index contributed by atoms with van der Waals surface area (Å²) in [6.07, 6.45) is 1.56. The van der Waals surface area contributed by atoms with E-state index < -0.39 is 27.8 Å². The molecule has 0 unspecified atom stereocenters. The van der Waals surface area contributed by atoms with Gasteiger partial charge in [0.1, 0.15) is 5.70 Å². The van der Waals surface area contributed by atoms with Gasteiger partial charge < -0.3 is 22.1 Å². The van der Waals surface area contributed by atoms with E-state index in [0.717, 1.165) is 10.4 Å². The summed E-state index contributed by atoms with van der Waals surface area (Å²) in [6, 6.07) is 15.8. The smallest absolute Gasteiger partial charge is 0.285 e. The highest BCUT2D eigenvalue weighted by molar-refractivity contribution is 7.90. The molecule has 33 heavy (non-hydrogen) atoms. The molecule has 0 saturated heterocycles. The molecule has 0 atom stereocenters. The van der Waals surface area contributed by atoms with E-state index >= 15 is 0 Å². The number of carbonyl (C=O) groups excluding carboxylic acids is 2. The fourth-order valence-electron chi connectivity index (χ4n) is 2.67. The van der Waals surface area contributed by atoms with Gasteiger partial charge in [-0.2, -0.15) is 8.42 Å². The third-order valence-corrected chi connectivity index (χ3v) is 6.41. The number of anilines is 1. The van der Waals surface area contributed by atoms with Crippen LogP contribution in [0.3, 0.4) is 0 Å². The predicted molar refractivity (Wildman–Crippen MR) is 129 cm³/mol. The molecule has 3 aromatic rings. The van der Waals surface area contributed by atoms with Gasteiger partial charge in [0.2, 0.25) is 5.96 Å². The maximum Gasteiger partial charge on any atom is 0.285 e. The van der Waals surface area contributed by atoms with Crippen LogP contribution >= 0.6 is 11.3 Å². The highest BCUT2D eigenvalue weighted by Gasteiger charge is 2.17. The Morgan fingerprint density at radius 2 is 1.67 bits per heavy atom.